The van der Waals surface area contributed by atoms with Crippen molar-refractivity contribution in [2.45, 2.75) is 31.4 Å². The lowest BCUT2D eigenvalue weighted by Crippen LogP contribution is -2.33. The molecule has 0 amide bonds. The lowest BCUT2D eigenvalue weighted by atomic mass is 10.1. The summed E-state index contributed by atoms with van der Waals surface area (Å²) in [6.45, 7) is 3.74. The number of nitrogens with two attached hydrogens (primary N) is 1. The van der Waals surface area contributed by atoms with Crippen molar-refractivity contribution in [1.29, 1.82) is 0 Å². The van der Waals surface area contributed by atoms with Gasteiger partial charge in [0.05, 0.1) is 11.0 Å². The Kier molecular flexibility index (Phi) is 4.86. The highest BCUT2D eigenvalue weighted by Gasteiger charge is 2.23. The summed E-state index contributed by atoms with van der Waals surface area (Å²) in [6, 6.07) is 5.03. The standard InChI is InChI=1S/C12H20N2O3S/c1-9-6-11(7-13)4-5-12(9)18(16,17)14(3)8-10(2)15/h4-6,10,15H,7-8,13H2,1-3H3. The molecule has 0 spiro atoms. The minimum absolute atomic E-state index is 0.0699. The summed E-state index contributed by atoms with van der Waals surface area (Å²) in [5, 5.41) is 9.26. The van der Waals surface area contributed by atoms with Gasteiger partial charge in [0.25, 0.3) is 0 Å². The third-order valence-electron chi connectivity index (χ3n) is 2.68. The molecule has 1 rings (SSSR count). The summed E-state index contributed by atoms with van der Waals surface area (Å²) in [4.78, 5) is 0.253. The molecule has 0 saturated heterocycles. The highest BCUT2D eigenvalue weighted by Crippen LogP contribution is 2.20. The van der Waals surface area contributed by atoms with Gasteiger partial charge in [0, 0.05) is 20.1 Å². The fraction of sp³-hybridized carbons (Fsp3) is 0.500. The van der Waals surface area contributed by atoms with Crippen LogP contribution in [0.25, 0.3) is 0 Å². The second-order valence-electron chi connectivity index (χ2n) is 4.44. The first kappa shape index (κ1) is 15.1. The number of aliphatic hydroxyl groups is 1. The summed E-state index contributed by atoms with van der Waals surface area (Å²) in [6.07, 6.45) is -0.701. The number of benzene rings is 1. The maximum atomic E-state index is 12.3. The molecule has 0 aromatic heterocycles. The zero-order valence-electron chi connectivity index (χ0n) is 10.9. The molecule has 1 aromatic rings. The maximum Gasteiger partial charge on any atom is 0.243 e. The van der Waals surface area contributed by atoms with Gasteiger partial charge in [-0.05, 0) is 31.0 Å². The predicted octanol–water partition coefficient (Wildman–Crippen LogP) is 0.455. The van der Waals surface area contributed by atoms with Crippen molar-refractivity contribution in [1.82, 2.24) is 4.31 Å². The molecule has 102 valence electrons. The van der Waals surface area contributed by atoms with E-state index in [2.05, 4.69) is 0 Å². The van der Waals surface area contributed by atoms with Crippen molar-refractivity contribution in [2.24, 2.45) is 5.73 Å². The largest absolute Gasteiger partial charge is 0.392 e. The zero-order valence-corrected chi connectivity index (χ0v) is 11.7. The highest BCUT2D eigenvalue weighted by molar-refractivity contribution is 7.89. The smallest absolute Gasteiger partial charge is 0.243 e. The van der Waals surface area contributed by atoms with Crippen molar-refractivity contribution in [3.8, 4) is 0 Å². The fourth-order valence-electron chi connectivity index (χ4n) is 1.77. The molecule has 0 fully saturated rings. The van der Waals surface area contributed by atoms with E-state index in [1.807, 2.05) is 0 Å². The Hall–Kier alpha value is -0.950. The Labute approximate surface area is 108 Å². The number of rotatable bonds is 5. The Morgan fingerprint density at radius 1 is 1.44 bits per heavy atom. The van der Waals surface area contributed by atoms with E-state index in [-0.39, 0.29) is 11.4 Å². The van der Waals surface area contributed by atoms with Crippen LogP contribution in [0.5, 0.6) is 0 Å². The number of hydrogen-bond acceptors (Lipinski definition) is 4. The molecular formula is C12H20N2O3S. The molecule has 1 aromatic carbocycles. The third kappa shape index (κ3) is 3.29. The molecule has 0 bridgehead atoms. The molecule has 18 heavy (non-hydrogen) atoms. The van der Waals surface area contributed by atoms with E-state index >= 15 is 0 Å². The molecule has 6 heteroatoms. The third-order valence-corrected chi connectivity index (χ3v) is 4.67. The Balaban J connectivity index is 3.12. The summed E-state index contributed by atoms with van der Waals surface area (Å²) >= 11 is 0. The topological polar surface area (TPSA) is 83.6 Å². The van der Waals surface area contributed by atoms with E-state index in [0.29, 0.717) is 12.1 Å². The number of aliphatic hydroxyl groups excluding tert-OH is 1. The van der Waals surface area contributed by atoms with E-state index in [1.54, 1.807) is 32.0 Å². The summed E-state index contributed by atoms with van der Waals surface area (Å²) in [5.74, 6) is 0. The quantitative estimate of drug-likeness (QED) is 0.815. The van der Waals surface area contributed by atoms with Gasteiger partial charge in [0.2, 0.25) is 10.0 Å². The molecule has 0 aliphatic carbocycles. The van der Waals surface area contributed by atoms with Gasteiger partial charge in [-0.15, -0.1) is 0 Å². The predicted molar refractivity (Wildman–Crippen MR) is 70.6 cm³/mol. The summed E-state index contributed by atoms with van der Waals surface area (Å²) < 4.78 is 25.7. The van der Waals surface area contributed by atoms with Gasteiger partial charge < -0.3 is 10.8 Å². The first-order valence-corrected chi connectivity index (χ1v) is 7.17. The van der Waals surface area contributed by atoms with Crippen LogP contribution < -0.4 is 5.73 Å². The van der Waals surface area contributed by atoms with Crippen LogP contribution in [0.3, 0.4) is 0 Å². The number of sulfonamides is 1. The molecule has 0 saturated carbocycles. The minimum atomic E-state index is -3.56. The molecule has 1 unspecified atom stereocenters. The van der Waals surface area contributed by atoms with Gasteiger partial charge in [0.15, 0.2) is 0 Å². The number of aryl methyl sites for hydroxylation is 1. The van der Waals surface area contributed by atoms with Crippen LogP contribution in [0.1, 0.15) is 18.1 Å². The number of nitrogens with zero attached hydrogens (tertiary/aromatic N) is 1. The average Bonchev–Trinajstić information content (AvgIpc) is 2.27. The Morgan fingerprint density at radius 3 is 2.50 bits per heavy atom. The Bertz CT molecular complexity index is 512. The van der Waals surface area contributed by atoms with Crippen LogP contribution in [0.15, 0.2) is 23.1 Å². The van der Waals surface area contributed by atoms with E-state index < -0.39 is 16.1 Å². The van der Waals surface area contributed by atoms with Gasteiger partial charge in [-0.3, -0.25) is 0 Å². The molecule has 3 N–H and O–H groups in total. The van der Waals surface area contributed by atoms with E-state index in [0.717, 1.165) is 9.87 Å². The molecule has 0 radical (unpaired) electrons. The molecule has 1 atom stereocenters. The second-order valence-corrected chi connectivity index (χ2v) is 6.45. The highest BCUT2D eigenvalue weighted by atomic mass is 32.2. The van der Waals surface area contributed by atoms with Crippen molar-refractivity contribution >= 4 is 10.0 Å². The monoisotopic (exact) mass is 272 g/mol. The SMILES string of the molecule is Cc1cc(CN)ccc1S(=O)(=O)N(C)CC(C)O. The first-order valence-electron chi connectivity index (χ1n) is 5.73. The lowest BCUT2D eigenvalue weighted by molar-refractivity contribution is 0.171. The second kappa shape index (κ2) is 5.79. The van der Waals surface area contributed by atoms with E-state index in [9.17, 15) is 13.5 Å². The van der Waals surface area contributed by atoms with Gasteiger partial charge in [-0.2, -0.15) is 4.31 Å². The zero-order chi connectivity index (χ0) is 13.9. The molecule has 0 heterocycles. The van der Waals surface area contributed by atoms with Gasteiger partial charge in [-0.25, -0.2) is 8.42 Å². The molecule has 5 nitrogen and oxygen atoms in total. The van der Waals surface area contributed by atoms with Crippen LogP contribution in [-0.4, -0.2) is 37.5 Å². The van der Waals surface area contributed by atoms with Gasteiger partial charge >= 0.3 is 0 Å². The van der Waals surface area contributed by atoms with Crippen LogP contribution in [-0.2, 0) is 16.6 Å². The minimum Gasteiger partial charge on any atom is -0.392 e. The average molecular weight is 272 g/mol. The Morgan fingerprint density at radius 2 is 2.06 bits per heavy atom. The first-order chi connectivity index (χ1) is 8.28. The normalized spacial score (nSPS) is 13.9. The van der Waals surface area contributed by atoms with Gasteiger partial charge in [-0.1, -0.05) is 12.1 Å². The molecule has 0 aliphatic heterocycles. The van der Waals surface area contributed by atoms with E-state index in [4.69, 9.17) is 5.73 Å². The molecular weight excluding hydrogens is 252 g/mol. The fourth-order valence-corrected chi connectivity index (χ4v) is 3.22. The van der Waals surface area contributed by atoms with Gasteiger partial charge in [0.1, 0.15) is 0 Å². The number of hydrogen-bond donors (Lipinski definition) is 2. The van der Waals surface area contributed by atoms with Crippen LogP contribution in [0.4, 0.5) is 0 Å². The van der Waals surface area contributed by atoms with Crippen LogP contribution >= 0.6 is 0 Å². The molecule has 0 aliphatic rings. The lowest BCUT2D eigenvalue weighted by Gasteiger charge is -2.20. The van der Waals surface area contributed by atoms with Crippen LogP contribution in [0.2, 0.25) is 0 Å². The van der Waals surface area contributed by atoms with E-state index in [1.165, 1.54) is 7.05 Å². The number of likely N-dealkylation sites (N-methyl/N-ethyl adjacent to an activating group) is 1. The maximum absolute atomic E-state index is 12.3. The summed E-state index contributed by atoms with van der Waals surface area (Å²) in [7, 11) is -2.10. The van der Waals surface area contributed by atoms with Crippen molar-refractivity contribution < 1.29 is 13.5 Å². The summed E-state index contributed by atoms with van der Waals surface area (Å²) in [5.41, 5.74) is 7.07. The van der Waals surface area contributed by atoms with Crippen LogP contribution in [0, 0.1) is 6.92 Å². The van der Waals surface area contributed by atoms with Crippen molar-refractivity contribution in [3.05, 3.63) is 29.3 Å². The van der Waals surface area contributed by atoms with Crippen molar-refractivity contribution in [3.63, 3.8) is 0 Å². The van der Waals surface area contributed by atoms with Crippen molar-refractivity contribution in [2.75, 3.05) is 13.6 Å².